The maximum Gasteiger partial charge on any atom is 0.208 e. The van der Waals surface area contributed by atoms with E-state index in [9.17, 15) is 8.42 Å². The van der Waals surface area contributed by atoms with Crippen molar-refractivity contribution in [1.29, 1.82) is 0 Å². The molecule has 0 heterocycles. The van der Waals surface area contributed by atoms with Gasteiger partial charge in [0.15, 0.2) is 5.96 Å². The van der Waals surface area contributed by atoms with E-state index in [0.29, 0.717) is 13.1 Å². The van der Waals surface area contributed by atoms with E-state index in [0.717, 1.165) is 18.8 Å². The van der Waals surface area contributed by atoms with Crippen LogP contribution in [0.25, 0.3) is 0 Å². The van der Waals surface area contributed by atoms with Gasteiger partial charge in [-0.2, -0.15) is 0 Å². The first-order valence-electron chi connectivity index (χ1n) is 6.32. The van der Waals surface area contributed by atoms with E-state index in [1.807, 2.05) is 30.1 Å². The Morgan fingerprint density at radius 1 is 1.24 bits per heavy atom. The second kappa shape index (κ2) is 9.96. The van der Waals surface area contributed by atoms with Crippen molar-refractivity contribution in [2.75, 3.05) is 33.4 Å². The molecule has 0 aliphatic heterocycles. The van der Waals surface area contributed by atoms with Gasteiger partial charge in [-0.25, -0.2) is 13.1 Å². The zero-order chi connectivity index (χ0) is 15.0. The first-order chi connectivity index (χ1) is 9.42. The average molecular weight is 426 g/mol. The van der Waals surface area contributed by atoms with E-state index < -0.39 is 10.0 Å². The minimum absolute atomic E-state index is 0. The number of aliphatic imine (C=N–C) groups is 1. The van der Waals surface area contributed by atoms with Crippen LogP contribution in [0.4, 0.5) is 0 Å². The van der Waals surface area contributed by atoms with Gasteiger partial charge in [-0.1, -0.05) is 30.3 Å². The van der Waals surface area contributed by atoms with Crippen LogP contribution in [0.15, 0.2) is 35.3 Å². The molecule has 0 atom stereocenters. The number of benzene rings is 1. The lowest BCUT2D eigenvalue weighted by atomic mass is 10.2. The van der Waals surface area contributed by atoms with Crippen LogP contribution < -0.4 is 10.0 Å². The largest absolute Gasteiger partial charge is 0.355 e. The van der Waals surface area contributed by atoms with Gasteiger partial charge in [-0.15, -0.1) is 24.0 Å². The predicted molar refractivity (Wildman–Crippen MR) is 97.5 cm³/mol. The Morgan fingerprint density at radius 2 is 1.86 bits per heavy atom. The van der Waals surface area contributed by atoms with Gasteiger partial charge in [-0.3, -0.25) is 4.99 Å². The number of hydrogen-bond donors (Lipinski definition) is 2. The van der Waals surface area contributed by atoms with Gasteiger partial charge < -0.3 is 10.2 Å². The number of nitrogens with one attached hydrogen (secondary N) is 2. The van der Waals surface area contributed by atoms with E-state index in [-0.39, 0.29) is 24.0 Å². The zero-order valence-corrected chi connectivity index (χ0v) is 15.7. The fraction of sp³-hybridized carbons (Fsp3) is 0.462. The molecule has 2 N–H and O–H groups in total. The molecule has 8 heteroatoms. The van der Waals surface area contributed by atoms with Gasteiger partial charge in [0.1, 0.15) is 0 Å². The Balaban J connectivity index is 0.00000400. The Kier molecular flexibility index (Phi) is 9.54. The van der Waals surface area contributed by atoms with Crippen LogP contribution in [0.1, 0.15) is 5.56 Å². The van der Waals surface area contributed by atoms with E-state index >= 15 is 0 Å². The first kappa shape index (κ1) is 20.1. The maximum absolute atomic E-state index is 10.9. The summed E-state index contributed by atoms with van der Waals surface area (Å²) in [5.74, 6) is 0.726. The molecule has 21 heavy (non-hydrogen) atoms. The third-order valence-corrected chi connectivity index (χ3v) is 3.34. The van der Waals surface area contributed by atoms with Gasteiger partial charge in [0.2, 0.25) is 10.0 Å². The van der Waals surface area contributed by atoms with Crippen molar-refractivity contribution in [3.63, 3.8) is 0 Å². The van der Waals surface area contributed by atoms with Crippen LogP contribution in [0, 0.1) is 0 Å². The lowest BCUT2D eigenvalue weighted by Crippen LogP contribution is -2.42. The number of nitrogens with zero attached hydrogens (tertiary/aromatic N) is 2. The van der Waals surface area contributed by atoms with E-state index in [4.69, 9.17) is 0 Å². The van der Waals surface area contributed by atoms with Crippen LogP contribution in [0.5, 0.6) is 0 Å². The molecule has 6 nitrogen and oxygen atoms in total. The van der Waals surface area contributed by atoms with Gasteiger partial charge in [0.05, 0.1) is 6.26 Å². The molecule has 0 aromatic heterocycles. The van der Waals surface area contributed by atoms with Crippen molar-refractivity contribution in [2.24, 2.45) is 4.99 Å². The number of sulfonamides is 1. The molecule has 0 aliphatic rings. The Morgan fingerprint density at radius 3 is 2.38 bits per heavy atom. The number of rotatable bonds is 6. The quantitative estimate of drug-likeness (QED) is 0.306. The molecule has 1 aromatic rings. The topological polar surface area (TPSA) is 73.8 Å². The monoisotopic (exact) mass is 426 g/mol. The summed E-state index contributed by atoms with van der Waals surface area (Å²) in [6.07, 6.45) is 1.14. The molecule has 0 aliphatic carbocycles. The second-order valence-corrected chi connectivity index (χ2v) is 6.32. The summed E-state index contributed by atoms with van der Waals surface area (Å²) < 4.78 is 24.3. The van der Waals surface area contributed by atoms with Crippen molar-refractivity contribution in [2.45, 2.75) is 6.54 Å². The third kappa shape index (κ3) is 8.89. The normalized spacial score (nSPS) is 11.7. The van der Waals surface area contributed by atoms with Crippen molar-refractivity contribution >= 4 is 40.0 Å². The average Bonchev–Trinajstić information content (AvgIpc) is 2.38. The minimum Gasteiger partial charge on any atom is -0.355 e. The molecule has 0 unspecified atom stereocenters. The second-order valence-electron chi connectivity index (χ2n) is 4.48. The summed E-state index contributed by atoms with van der Waals surface area (Å²) in [4.78, 5) is 6.15. The molecule has 0 fully saturated rings. The summed E-state index contributed by atoms with van der Waals surface area (Å²) in [5.41, 5.74) is 1.19. The fourth-order valence-electron chi connectivity index (χ4n) is 1.73. The summed E-state index contributed by atoms with van der Waals surface area (Å²) in [7, 11) is 0.498. The first-order valence-corrected chi connectivity index (χ1v) is 8.22. The Labute approximate surface area is 144 Å². The molecule has 0 spiro atoms. The van der Waals surface area contributed by atoms with E-state index in [1.165, 1.54) is 5.56 Å². The summed E-state index contributed by atoms with van der Waals surface area (Å²) in [6, 6.07) is 10.1. The van der Waals surface area contributed by atoms with E-state index in [2.05, 4.69) is 27.2 Å². The van der Waals surface area contributed by atoms with Crippen LogP contribution in [0.2, 0.25) is 0 Å². The van der Waals surface area contributed by atoms with Crippen LogP contribution in [-0.4, -0.2) is 52.7 Å². The smallest absolute Gasteiger partial charge is 0.208 e. The Hall–Kier alpha value is -0.870. The molecule has 1 aromatic carbocycles. The highest BCUT2D eigenvalue weighted by Crippen LogP contribution is 2.02. The molecule has 0 saturated carbocycles. The van der Waals surface area contributed by atoms with E-state index in [1.54, 1.807) is 7.05 Å². The molecule has 120 valence electrons. The standard InChI is InChI=1S/C13H22N4O2S.HI/c1-14-13(15-9-10-16-20(3,18)19)17(2)11-12-7-5-4-6-8-12;/h4-8,16H,9-11H2,1-3H3,(H,14,15);1H. The van der Waals surface area contributed by atoms with Gasteiger partial charge >= 0.3 is 0 Å². The number of halogens is 1. The number of guanidine groups is 1. The number of hydrogen-bond acceptors (Lipinski definition) is 3. The molecular weight excluding hydrogens is 403 g/mol. The molecule has 0 bridgehead atoms. The minimum atomic E-state index is -3.14. The lowest BCUT2D eigenvalue weighted by Gasteiger charge is -2.22. The fourth-order valence-corrected chi connectivity index (χ4v) is 2.20. The molecule has 0 radical (unpaired) electrons. The van der Waals surface area contributed by atoms with Crippen molar-refractivity contribution in [3.05, 3.63) is 35.9 Å². The third-order valence-electron chi connectivity index (χ3n) is 2.61. The van der Waals surface area contributed by atoms with Crippen molar-refractivity contribution in [3.8, 4) is 0 Å². The highest BCUT2D eigenvalue weighted by Gasteiger charge is 2.06. The van der Waals surface area contributed by atoms with Gasteiger partial charge in [-0.05, 0) is 5.56 Å². The summed E-state index contributed by atoms with van der Waals surface area (Å²) >= 11 is 0. The molecule has 0 amide bonds. The van der Waals surface area contributed by atoms with Crippen LogP contribution >= 0.6 is 24.0 Å². The lowest BCUT2D eigenvalue weighted by molar-refractivity contribution is 0.477. The van der Waals surface area contributed by atoms with Crippen LogP contribution in [0.3, 0.4) is 0 Å². The van der Waals surface area contributed by atoms with Crippen molar-refractivity contribution in [1.82, 2.24) is 14.9 Å². The highest BCUT2D eigenvalue weighted by molar-refractivity contribution is 14.0. The Bertz CT molecular complexity index is 534. The predicted octanol–water partition coefficient (Wildman–Crippen LogP) is 0.861. The highest BCUT2D eigenvalue weighted by atomic mass is 127. The zero-order valence-electron chi connectivity index (χ0n) is 12.5. The van der Waals surface area contributed by atoms with Gasteiger partial charge in [0.25, 0.3) is 0 Å². The molecule has 0 saturated heterocycles. The molecular formula is C13H23IN4O2S. The van der Waals surface area contributed by atoms with Crippen molar-refractivity contribution < 1.29 is 8.42 Å². The van der Waals surface area contributed by atoms with Gasteiger partial charge in [0, 0.05) is 33.7 Å². The van der Waals surface area contributed by atoms with Crippen LogP contribution in [-0.2, 0) is 16.6 Å². The summed E-state index contributed by atoms with van der Waals surface area (Å²) in [6.45, 7) is 1.55. The summed E-state index contributed by atoms with van der Waals surface area (Å²) in [5, 5.41) is 3.11. The molecule has 1 rings (SSSR count). The maximum atomic E-state index is 10.9. The SMILES string of the molecule is CN=C(NCCNS(C)(=O)=O)N(C)Cc1ccccc1.I.